The van der Waals surface area contributed by atoms with E-state index in [0.717, 1.165) is 12.8 Å². The number of aryl methyl sites for hydroxylation is 2. The van der Waals surface area contributed by atoms with E-state index in [1.807, 2.05) is 0 Å². The number of carbonyl (C=O) groups is 1. The second-order valence-corrected chi connectivity index (χ2v) is 6.29. The van der Waals surface area contributed by atoms with Gasteiger partial charge < -0.3 is 9.88 Å². The van der Waals surface area contributed by atoms with Crippen molar-refractivity contribution in [1.29, 1.82) is 0 Å². The molecule has 0 saturated heterocycles. The number of aromatic nitrogens is 1. The van der Waals surface area contributed by atoms with Gasteiger partial charge in [0, 0.05) is 36.1 Å². The lowest BCUT2D eigenvalue weighted by Gasteiger charge is -2.20. The molecule has 1 aliphatic carbocycles. The number of rotatable bonds is 3. The Morgan fingerprint density at radius 2 is 2.00 bits per heavy atom. The maximum atomic E-state index is 12.2. The van der Waals surface area contributed by atoms with Gasteiger partial charge in [-0.2, -0.15) is 0 Å². The molecule has 1 N–H and O–H groups in total. The first-order valence-electron chi connectivity index (χ1n) is 7.98. The van der Waals surface area contributed by atoms with Crippen LogP contribution in [0.3, 0.4) is 0 Å². The second-order valence-electron chi connectivity index (χ2n) is 6.29. The molecular formula is C18H24N2O. The van der Waals surface area contributed by atoms with Crippen LogP contribution in [0.4, 0.5) is 0 Å². The van der Waals surface area contributed by atoms with Crippen LogP contribution in [0, 0.1) is 12.8 Å². The van der Waals surface area contributed by atoms with Crippen LogP contribution >= 0.6 is 0 Å². The normalized spacial score (nSPS) is 16.3. The fraction of sp³-hybridized carbons (Fsp3) is 0.500. The zero-order valence-electron chi connectivity index (χ0n) is 13.0. The topological polar surface area (TPSA) is 34.0 Å². The number of hydrogen-bond donors (Lipinski definition) is 1. The van der Waals surface area contributed by atoms with Crippen LogP contribution in [0.5, 0.6) is 0 Å². The van der Waals surface area contributed by atoms with Crippen LogP contribution in [-0.4, -0.2) is 10.5 Å². The molecule has 1 amide bonds. The van der Waals surface area contributed by atoms with Gasteiger partial charge in [0.1, 0.15) is 0 Å². The Kier molecular flexibility index (Phi) is 4.00. The van der Waals surface area contributed by atoms with Gasteiger partial charge in [0.2, 0.25) is 5.91 Å². The molecule has 0 atom stereocenters. The van der Waals surface area contributed by atoms with E-state index in [9.17, 15) is 4.79 Å². The Morgan fingerprint density at radius 3 is 2.76 bits per heavy atom. The Labute approximate surface area is 126 Å². The van der Waals surface area contributed by atoms with Crippen molar-refractivity contribution in [2.45, 2.75) is 45.6 Å². The van der Waals surface area contributed by atoms with Crippen molar-refractivity contribution in [3.63, 3.8) is 0 Å². The molecule has 112 valence electrons. The van der Waals surface area contributed by atoms with Gasteiger partial charge >= 0.3 is 0 Å². The largest absolute Gasteiger partial charge is 0.352 e. The lowest BCUT2D eigenvalue weighted by Crippen LogP contribution is -2.31. The molecule has 0 unspecified atom stereocenters. The molecule has 1 aromatic heterocycles. The number of fused-ring (bicyclic) bond motifs is 1. The van der Waals surface area contributed by atoms with Crippen LogP contribution < -0.4 is 5.32 Å². The van der Waals surface area contributed by atoms with Crippen LogP contribution in [0.1, 0.15) is 43.4 Å². The number of amides is 1. The minimum Gasteiger partial charge on any atom is -0.352 e. The molecule has 3 heteroatoms. The molecule has 0 radical (unpaired) electrons. The van der Waals surface area contributed by atoms with Gasteiger partial charge in [-0.05, 0) is 43.5 Å². The third-order valence-corrected chi connectivity index (χ3v) is 4.79. The molecule has 1 fully saturated rings. The fourth-order valence-electron chi connectivity index (χ4n) is 3.35. The number of hydrogen-bond acceptors (Lipinski definition) is 1. The molecule has 1 aromatic carbocycles. The molecule has 2 aromatic rings. The number of nitrogens with one attached hydrogen (secondary N) is 1. The van der Waals surface area contributed by atoms with Gasteiger partial charge in [-0.25, -0.2) is 0 Å². The first kappa shape index (κ1) is 14.2. The molecule has 1 heterocycles. The van der Waals surface area contributed by atoms with Gasteiger partial charge in [-0.1, -0.05) is 25.3 Å². The molecular weight excluding hydrogens is 260 g/mol. The first-order chi connectivity index (χ1) is 10.1. The lowest BCUT2D eigenvalue weighted by molar-refractivity contribution is -0.126. The van der Waals surface area contributed by atoms with Crippen LogP contribution in [-0.2, 0) is 18.4 Å². The molecule has 1 aliphatic rings. The van der Waals surface area contributed by atoms with Crippen molar-refractivity contribution in [2.24, 2.45) is 13.0 Å². The summed E-state index contributed by atoms with van der Waals surface area (Å²) in [5.41, 5.74) is 3.68. The summed E-state index contributed by atoms with van der Waals surface area (Å²) < 4.78 is 2.19. The molecule has 1 saturated carbocycles. The van der Waals surface area contributed by atoms with Crippen molar-refractivity contribution in [3.8, 4) is 0 Å². The molecule has 21 heavy (non-hydrogen) atoms. The minimum absolute atomic E-state index is 0.235. The van der Waals surface area contributed by atoms with Gasteiger partial charge in [-0.3, -0.25) is 4.79 Å². The summed E-state index contributed by atoms with van der Waals surface area (Å²) in [5, 5.41) is 4.36. The number of benzene rings is 1. The highest BCUT2D eigenvalue weighted by Gasteiger charge is 2.20. The smallest absolute Gasteiger partial charge is 0.223 e. The standard InChI is InChI=1S/C18H24N2O/c1-13-10-16-11-14(8-9-17(16)20(13)2)12-19-18(21)15-6-4-3-5-7-15/h8-11,15H,3-7,12H2,1-2H3,(H,19,21). The molecule has 0 spiro atoms. The van der Waals surface area contributed by atoms with E-state index in [4.69, 9.17) is 0 Å². The first-order valence-corrected chi connectivity index (χ1v) is 7.98. The summed E-state index contributed by atoms with van der Waals surface area (Å²) in [4.78, 5) is 12.2. The van der Waals surface area contributed by atoms with Crippen molar-refractivity contribution in [1.82, 2.24) is 9.88 Å². The zero-order chi connectivity index (χ0) is 14.8. The number of nitrogens with zero attached hydrogens (tertiary/aromatic N) is 1. The SMILES string of the molecule is Cc1cc2cc(CNC(=O)C3CCCCC3)ccc2n1C. The van der Waals surface area contributed by atoms with Crippen molar-refractivity contribution >= 4 is 16.8 Å². The van der Waals surface area contributed by atoms with Crippen molar-refractivity contribution in [3.05, 3.63) is 35.5 Å². The Hall–Kier alpha value is -1.77. The van der Waals surface area contributed by atoms with Crippen LogP contribution in [0.2, 0.25) is 0 Å². The third kappa shape index (κ3) is 2.97. The second kappa shape index (κ2) is 5.92. The van der Waals surface area contributed by atoms with Gasteiger partial charge in [0.05, 0.1) is 0 Å². The maximum absolute atomic E-state index is 12.2. The molecule has 3 rings (SSSR count). The average molecular weight is 284 g/mol. The van der Waals surface area contributed by atoms with E-state index in [1.54, 1.807) is 0 Å². The molecule has 3 nitrogen and oxygen atoms in total. The summed E-state index contributed by atoms with van der Waals surface area (Å²) in [6.07, 6.45) is 5.81. The Morgan fingerprint density at radius 1 is 1.24 bits per heavy atom. The van der Waals surface area contributed by atoms with Crippen LogP contribution in [0.25, 0.3) is 10.9 Å². The van der Waals surface area contributed by atoms with E-state index in [2.05, 4.69) is 48.1 Å². The van der Waals surface area contributed by atoms with E-state index in [1.165, 1.54) is 41.4 Å². The Balaban J connectivity index is 1.66. The van der Waals surface area contributed by atoms with E-state index >= 15 is 0 Å². The van der Waals surface area contributed by atoms with Crippen LogP contribution in [0.15, 0.2) is 24.3 Å². The van der Waals surface area contributed by atoms with Crippen molar-refractivity contribution in [2.75, 3.05) is 0 Å². The van der Waals surface area contributed by atoms with Gasteiger partial charge in [0.25, 0.3) is 0 Å². The minimum atomic E-state index is 0.235. The van der Waals surface area contributed by atoms with E-state index in [0.29, 0.717) is 6.54 Å². The molecule has 0 aliphatic heterocycles. The average Bonchev–Trinajstić information content (AvgIpc) is 2.80. The lowest BCUT2D eigenvalue weighted by atomic mass is 9.88. The third-order valence-electron chi connectivity index (χ3n) is 4.79. The summed E-state index contributed by atoms with van der Waals surface area (Å²) in [6.45, 7) is 2.75. The van der Waals surface area contributed by atoms with Gasteiger partial charge in [-0.15, -0.1) is 0 Å². The maximum Gasteiger partial charge on any atom is 0.223 e. The summed E-state index contributed by atoms with van der Waals surface area (Å²) in [7, 11) is 2.09. The number of carbonyl (C=O) groups excluding carboxylic acids is 1. The van der Waals surface area contributed by atoms with Crippen molar-refractivity contribution < 1.29 is 4.79 Å². The summed E-state index contributed by atoms with van der Waals surface area (Å²) in [5.74, 6) is 0.473. The summed E-state index contributed by atoms with van der Waals surface area (Å²) >= 11 is 0. The summed E-state index contributed by atoms with van der Waals surface area (Å²) in [6, 6.07) is 8.64. The Bertz CT molecular complexity index is 651. The van der Waals surface area contributed by atoms with Gasteiger partial charge in [0.15, 0.2) is 0 Å². The quantitative estimate of drug-likeness (QED) is 0.916. The fourth-order valence-corrected chi connectivity index (χ4v) is 3.35. The van der Waals surface area contributed by atoms with E-state index < -0.39 is 0 Å². The highest BCUT2D eigenvalue weighted by atomic mass is 16.1. The predicted molar refractivity (Wildman–Crippen MR) is 86.1 cm³/mol. The monoisotopic (exact) mass is 284 g/mol. The molecule has 0 bridgehead atoms. The predicted octanol–water partition coefficient (Wildman–Crippen LogP) is 3.68. The zero-order valence-corrected chi connectivity index (χ0v) is 13.0. The van der Waals surface area contributed by atoms with E-state index in [-0.39, 0.29) is 11.8 Å². The highest BCUT2D eigenvalue weighted by Crippen LogP contribution is 2.24. The highest BCUT2D eigenvalue weighted by molar-refractivity contribution is 5.82.